The van der Waals surface area contributed by atoms with Gasteiger partial charge in [0, 0.05) is 13.1 Å². The summed E-state index contributed by atoms with van der Waals surface area (Å²) in [5.74, 6) is 0. The Bertz CT molecular complexity index is 391. The van der Waals surface area contributed by atoms with Gasteiger partial charge in [0.05, 0.1) is 16.8 Å². The minimum Gasteiger partial charge on any atom is -0.390 e. The van der Waals surface area contributed by atoms with E-state index in [2.05, 4.69) is 10.2 Å². The summed E-state index contributed by atoms with van der Waals surface area (Å²) in [5, 5.41) is 13.9. The highest BCUT2D eigenvalue weighted by atomic mass is 35.5. The molecule has 4 heteroatoms. The van der Waals surface area contributed by atoms with Crippen molar-refractivity contribution < 1.29 is 5.11 Å². The van der Waals surface area contributed by atoms with Crippen molar-refractivity contribution in [1.82, 2.24) is 4.90 Å². The predicted octanol–water partition coefficient (Wildman–Crippen LogP) is 2.52. The van der Waals surface area contributed by atoms with Crippen LogP contribution < -0.4 is 5.32 Å². The SMILES string of the molecule is Cc1ccc(Cl)c(NCC(O)CN2CCCC2)c1. The molecule has 1 atom stereocenters. The summed E-state index contributed by atoms with van der Waals surface area (Å²) in [6.45, 7) is 5.54. The van der Waals surface area contributed by atoms with Crippen molar-refractivity contribution in [1.29, 1.82) is 0 Å². The van der Waals surface area contributed by atoms with Gasteiger partial charge in [0.25, 0.3) is 0 Å². The Kier molecular flexibility index (Phi) is 4.87. The number of hydrogen-bond donors (Lipinski definition) is 2. The second-order valence-corrected chi connectivity index (χ2v) is 5.43. The fraction of sp³-hybridized carbons (Fsp3) is 0.571. The first kappa shape index (κ1) is 13.7. The van der Waals surface area contributed by atoms with E-state index in [0.29, 0.717) is 11.6 Å². The average molecular weight is 269 g/mol. The first-order chi connectivity index (χ1) is 8.65. The van der Waals surface area contributed by atoms with Gasteiger partial charge < -0.3 is 15.3 Å². The van der Waals surface area contributed by atoms with Crippen molar-refractivity contribution in [2.75, 3.05) is 31.5 Å². The van der Waals surface area contributed by atoms with E-state index in [1.54, 1.807) is 0 Å². The molecule has 1 heterocycles. The Balaban J connectivity index is 1.81. The van der Waals surface area contributed by atoms with E-state index in [-0.39, 0.29) is 6.10 Å². The molecule has 1 saturated heterocycles. The molecule has 3 nitrogen and oxygen atoms in total. The highest BCUT2D eigenvalue weighted by Gasteiger charge is 2.15. The molecule has 0 bridgehead atoms. The molecule has 2 rings (SSSR count). The van der Waals surface area contributed by atoms with Gasteiger partial charge in [-0.25, -0.2) is 0 Å². The van der Waals surface area contributed by atoms with Crippen LogP contribution in [0.25, 0.3) is 0 Å². The first-order valence-corrected chi connectivity index (χ1v) is 6.93. The summed E-state index contributed by atoms with van der Waals surface area (Å²) in [7, 11) is 0. The number of aliphatic hydroxyl groups excluding tert-OH is 1. The maximum atomic E-state index is 9.98. The average Bonchev–Trinajstić information content (AvgIpc) is 2.83. The molecule has 0 radical (unpaired) electrons. The number of halogens is 1. The van der Waals surface area contributed by atoms with Crippen LogP contribution in [-0.4, -0.2) is 42.3 Å². The van der Waals surface area contributed by atoms with Crippen LogP contribution in [-0.2, 0) is 0 Å². The van der Waals surface area contributed by atoms with E-state index in [1.807, 2.05) is 25.1 Å². The van der Waals surface area contributed by atoms with E-state index >= 15 is 0 Å². The normalized spacial score (nSPS) is 17.9. The standard InChI is InChI=1S/C14H21ClN2O/c1-11-4-5-13(15)14(8-11)16-9-12(18)10-17-6-2-3-7-17/h4-5,8,12,16,18H,2-3,6-7,9-10H2,1H3. The van der Waals surface area contributed by atoms with Gasteiger partial charge in [-0.05, 0) is 50.6 Å². The molecule has 0 aromatic heterocycles. The van der Waals surface area contributed by atoms with Crippen molar-refractivity contribution >= 4 is 17.3 Å². The molecule has 18 heavy (non-hydrogen) atoms. The number of aliphatic hydroxyl groups is 1. The maximum Gasteiger partial charge on any atom is 0.0839 e. The number of rotatable bonds is 5. The van der Waals surface area contributed by atoms with Crippen LogP contribution in [0.2, 0.25) is 5.02 Å². The summed E-state index contributed by atoms with van der Waals surface area (Å²) in [4.78, 5) is 2.31. The first-order valence-electron chi connectivity index (χ1n) is 6.55. The van der Waals surface area contributed by atoms with Gasteiger partial charge in [-0.2, -0.15) is 0 Å². The fourth-order valence-corrected chi connectivity index (χ4v) is 2.51. The Morgan fingerprint density at radius 2 is 2.11 bits per heavy atom. The largest absolute Gasteiger partial charge is 0.390 e. The third-order valence-electron chi connectivity index (χ3n) is 3.32. The molecule has 2 N–H and O–H groups in total. The van der Waals surface area contributed by atoms with Gasteiger partial charge >= 0.3 is 0 Å². The van der Waals surface area contributed by atoms with Crippen LogP contribution in [0.4, 0.5) is 5.69 Å². The lowest BCUT2D eigenvalue weighted by atomic mass is 10.2. The smallest absolute Gasteiger partial charge is 0.0839 e. The zero-order valence-electron chi connectivity index (χ0n) is 10.8. The lowest BCUT2D eigenvalue weighted by molar-refractivity contribution is 0.135. The second kappa shape index (κ2) is 6.41. The Labute approximate surface area is 114 Å². The van der Waals surface area contributed by atoms with E-state index in [0.717, 1.165) is 30.9 Å². The molecule has 1 fully saturated rings. The van der Waals surface area contributed by atoms with E-state index in [1.165, 1.54) is 12.8 Å². The minimum atomic E-state index is -0.348. The molecule has 100 valence electrons. The van der Waals surface area contributed by atoms with Gasteiger partial charge in [-0.3, -0.25) is 0 Å². The fourth-order valence-electron chi connectivity index (χ4n) is 2.33. The number of hydrogen-bond acceptors (Lipinski definition) is 3. The lowest BCUT2D eigenvalue weighted by Crippen LogP contribution is -2.34. The number of anilines is 1. The minimum absolute atomic E-state index is 0.348. The number of aryl methyl sites for hydroxylation is 1. The highest BCUT2D eigenvalue weighted by molar-refractivity contribution is 6.33. The number of β-amino-alcohol motifs (C(OH)–C–C–N with tert-alkyl or cyclic N) is 1. The highest BCUT2D eigenvalue weighted by Crippen LogP contribution is 2.22. The topological polar surface area (TPSA) is 35.5 Å². The second-order valence-electron chi connectivity index (χ2n) is 5.03. The zero-order valence-corrected chi connectivity index (χ0v) is 11.6. The molecule has 1 aromatic rings. The summed E-state index contributed by atoms with van der Waals surface area (Å²) in [6.07, 6.45) is 2.16. The van der Waals surface area contributed by atoms with Crippen molar-refractivity contribution in [3.8, 4) is 0 Å². The number of benzene rings is 1. The van der Waals surface area contributed by atoms with Crippen LogP contribution in [0.3, 0.4) is 0 Å². The van der Waals surface area contributed by atoms with Crippen LogP contribution in [0.1, 0.15) is 18.4 Å². The van der Waals surface area contributed by atoms with E-state index in [4.69, 9.17) is 11.6 Å². The molecular weight excluding hydrogens is 248 g/mol. The molecular formula is C14H21ClN2O. The molecule has 0 aliphatic carbocycles. The Morgan fingerprint density at radius 3 is 2.83 bits per heavy atom. The van der Waals surface area contributed by atoms with Crippen LogP contribution in [0.5, 0.6) is 0 Å². The van der Waals surface area contributed by atoms with Gasteiger partial charge in [0.2, 0.25) is 0 Å². The number of nitrogens with one attached hydrogen (secondary N) is 1. The maximum absolute atomic E-state index is 9.98. The quantitative estimate of drug-likeness (QED) is 0.861. The van der Waals surface area contributed by atoms with Gasteiger partial charge in [-0.15, -0.1) is 0 Å². The van der Waals surface area contributed by atoms with Crippen molar-refractivity contribution in [2.24, 2.45) is 0 Å². The van der Waals surface area contributed by atoms with Crippen LogP contribution >= 0.6 is 11.6 Å². The van der Waals surface area contributed by atoms with Crippen molar-refractivity contribution in [3.63, 3.8) is 0 Å². The van der Waals surface area contributed by atoms with Crippen LogP contribution in [0, 0.1) is 6.92 Å². The van der Waals surface area contributed by atoms with Gasteiger partial charge in [0.15, 0.2) is 0 Å². The monoisotopic (exact) mass is 268 g/mol. The van der Waals surface area contributed by atoms with Gasteiger partial charge in [0.1, 0.15) is 0 Å². The molecule has 1 aliphatic rings. The van der Waals surface area contributed by atoms with Crippen LogP contribution in [0.15, 0.2) is 18.2 Å². The van der Waals surface area contributed by atoms with Gasteiger partial charge in [-0.1, -0.05) is 17.7 Å². The van der Waals surface area contributed by atoms with E-state index in [9.17, 15) is 5.11 Å². The third kappa shape index (κ3) is 3.87. The molecule has 0 saturated carbocycles. The zero-order chi connectivity index (χ0) is 13.0. The molecule has 0 spiro atoms. The summed E-state index contributed by atoms with van der Waals surface area (Å²) in [6, 6.07) is 5.87. The third-order valence-corrected chi connectivity index (χ3v) is 3.65. The molecule has 1 aliphatic heterocycles. The van der Waals surface area contributed by atoms with E-state index < -0.39 is 0 Å². The number of nitrogens with zero attached hydrogens (tertiary/aromatic N) is 1. The summed E-state index contributed by atoms with van der Waals surface area (Å²) < 4.78 is 0. The Morgan fingerprint density at radius 1 is 1.39 bits per heavy atom. The Hall–Kier alpha value is -0.770. The molecule has 0 amide bonds. The molecule has 1 aromatic carbocycles. The van der Waals surface area contributed by atoms with Crippen molar-refractivity contribution in [3.05, 3.63) is 28.8 Å². The number of likely N-dealkylation sites (tertiary alicyclic amines) is 1. The predicted molar refractivity (Wildman–Crippen MR) is 76.4 cm³/mol. The lowest BCUT2D eigenvalue weighted by Gasteiger charge is -2.20. The summed E-state index contributed by atoms with van der Waals surface area (Å²) in [5.41, 5.74) is 2.06. The molecule has 1 unspecified atom stereocenters. The summed E-state index contributed by atoms with van der Waals surface area (Å²) >= 11 is 6.10. The van der Waals surface area contributed by atoms with Crippen molar-refractivity contribution in [2.45, 2.75) is 25.9 Å².